The molecular weight excluding hydrogens is 254 g/mol. The quantitative estimate of drug-likeness (QED) is 0.793. The van der Waals surface area contributed by atoms with E-state index in [1.165, 1.54) is 17.7 Å². The Morgan fingerprint density at radius 3 is 1.78 bits per heavy atom. The van der Waals surface area contributed by atoms with E-state index in [2.05, 4.69) is 4.98 Å². The van der Waals surface area contributed by atoms with E-state index < -0.39 is 10.1 Å². The van der Waals surface area contributed by atoms with Gasteiger partial charge in [-0.25, -0.2) is 0 Å². The van der Waals surface area contributed by atoms with Crippen LogP contribution in [0.4, 0.5) is 0 Å². The van der Waals surface area contributed by atoms with Gasteiger partial charge in [0.2, 0.25) is 0 Å². The monoisotopic (exact) mass is 269 g/mol. The molecule has 0 saturated carbocycles. The Bertz CT molecular complexity index is 541. The highest BCUT2D eigenvalue weighted by molar-refractivity contribution is 7.85. The highest BCUT2D eigenvalue weighted by atomic mass is 32.2. The van der Waals surface area contributed by atoms with Crippen LogP contribution >= 0.6 is 0 Å². The van der Waals surface area contributed by atoms with E-state index in [-0.39, 0.29) is 10.4 Å². The van der Waals surface area contributed by atoms with Gasteiger partial charge in [0.1, 0.15) is 0 Å². The maximum atomic E-state index is 10.4. The number of aromatic nitrogens is 1. The Hall–Kier alpha value is -1.76. The molecule has 0 atom stereocenters. The average molecular weight is 269 g/mol. The van der Waals surface area contributed by atoms with E-state index in [1.54, 1.807) is 30.6 Å². The van der Waals surface area contributed by atoms with Crippen LogP contribution in [-0.2, 0) is 10.1 Å². The Morgan fingerprint density at radius 1 is 1.00 bits per heavy atom. The van der Waals surface area contributed by atoms with Crippen LogP contribution in [0.2, 0.25) is 0 Å². The molecule has 18 heavy (non-hydrogen) atoms. The molecule has 1 aromatic heterocycles. The smallest absolute Gasteiger partial charge is 0.294 e. The summed E-state index contributed by atoms with van der Waals surface area (Å²) in [4.78, 5) is 3.77. The SMILES string of the molecule is Cc1ccncc1.O.O=S(=O)(O)c1ccccc1. The molecule has 1 heterocycles. The highest BCUT2D eigenvalue weighted by Gasteiger charge is 2.05. The van der Waals surface area contributed by atoms with E-state index in [0.29, 0.717) is 0 Å². The molecule has 2 rings (SSSR count). The van der Waals surface area contributed by atoms with Crippen LogP contribution in [0.15, 0.2) is 59.8 Å². The van der Waals surface area contributed by atoms with Gasteiger partial charge in [0, 0.05) is 12.4 Å². The van der Waals surface area contributed by atoms with Gasteiger partial charge in [0.15, 0.2) is 0 Å². The van der Waals surface area contributed by atoms with Crippen LogP contribution < -0.4 is 0 Å². The van der Waals surface area contributed by atoms with Crippen molar-refractivity contribution in [3.8, 4) is 0 Å². The van der Waals surface area contributed by atoms with E-state index in [0.717, 1.165) is 0 Å². The lowest BCUT2D eigenvalue weighted by molar-refractivity contribution is 0.483. The summed E-state index contributed by atoms with van der Waals surface area (Å²) < 4.78 is 29.2. The molecule has 0 fully saturated rings. The fraction of sp³-hybridized carbons (Fsp3) is 0.0833. The second kappa shape index (κ2) is 7.54. The number of hydrogen-bond donors (Lipinski definition) is 1. The first-order valence-electron chi connectivity index (χ1n) is 4.89. The van der Waals surface area contributed by atoms with Crippen molar-refractivity contribution in [3.63, 3.8) is 0 Å². The lowest BCUT2D eigenvalue weighted by atomic mass is 10.3. The normalized spacial score (nSPS) is 9.67. The first-order valence-corrected chi connectivity index (χ1v) is 6.33. The van der Waals surface area contributed by atoms with Gasteiger partial charge in [-0.15, -0.1) is 0 Å². The number of pyridine rings is 1. The molecule has 0 radical (unpaired) electrons. The molecule has 0 amide bonds. The summed E-state index contributed by atoms with van der Waals surface area (Å²) >= 11 is 0. The van der Waals surface area contributed by atoms with E-state index in [9.17, 15) is 8.42 Å². The van der Waals surface area contributed by atoms with Gasteiger partial charge >= 0.3 is 0 Å². The van der Waals surface area contributed by atoms with Crippen molar-refractivity contribution in [2.75, 3.05) is 0 Å². The van der Waals surface area contributed by atoms with E-state index in [1.807, 2.05) is 19.1 Å². The second-order valence-electron chi connectivity index (χ2n) is 3.31. The maximum absolute atomic E-state index is 10.4. The van der Waals surface area contributed by atoms with Crippen molar-refractivity contribution in [1.82, 2.24) is 4.98 Å². The molecule has 1 aromatic carbocycles. The summed E-state index contributed by atoms with van der Waals surface area (Å²) in [5.74, 6) is 0. The molecule has 2 aromatic rings. The molecular formula is C12H15NO4S. The van der Waals surface area contributed by atoms with Crippen molar-refractivity contribution in [2.45, 2.75) is 11.8 Å². The summed E-state index contributed by atoms with van der Waals surface area (Å²) in [7, 11) is -4.00. The Morgan fingerprint density at radius 2 is 1.50 bits per heavy atom. The van der Waals surface area contributed by atoms with Gasteiger partial charge < -0.3 is 5.48 Å². The lowest BCUT2D eigenvalue weighted by Crippen LogP contribution is -1.96. The summed E-state index contributed by atoms with van der Waals surface area (Å²) in [5.41, 5.74) is 1.26. The van der Waals surface area contributed by atoms with Crippen LogP contribution in [0.3, 0.4) is 0 Å². The molecule has 0 spiro atoms. The molecule has 0 aliphatic carbocycles. The topological polar surface area (TPSA) is 98.8 Å². The van der Waals surface area contributed by atoms with E-state index in [4.69, 9.17) is 4.55 Å². The average Bonchev–Trinajstić information content (AvgIpc) is 2.31. The van der Waals surface area contributed by atoms with Crippen LogP contribution in [0.25, 0.3) is 0 Å². The van der Waals surface area contributed by atoms with Crippen LogP contribution in [0, 0.1) is 6.92 Å². The van der Waals surface area contributed by atoms with Gasteiger partial charge in [0.05, 0.1) is 4.90 Å². The number of hydrogen-bond acceptors (Lipinski definition) is 3. The van der Waals surface area contributed by atoms with Gasteiger partial charge in [-0.2, -0.15) is 8.42 Å². The summed E-state index contributed by atoms with van der Waals surface area (Å²) in [6.07, 6.45) is 3.57. The first kappa shape index (κ1) is 16.2. The second-order valence-corrected chi connectivity index (χ2v) is 4.73. The predicted octanol–water partition coefficient (Wildman–Crippen LogP) is 1.50. The zero-order chi connectivity index (χ0) is 12.7. The number of rotatable bonds is 1. The summed E-state index contributed by atoms with van der Waals surface area (Å²) in [6, 6.07) is 11.4. The molecule has 0 bridgehead atoms. The Balaban J connectivity index is 0.000000321. The fourth-order valence-corrected chi connectivity index (χ4v) is 1.52. The van der Waals surface area contributed by atoms with Crippen LogP contribution in [-0.4, -0.2) is 23.4 Å². The molecule has 0 unspecified atom stereocenters. The molecule has 98 valence electrons. The van der Waals surface area contributed by atoms with Crippen molar-refractivity contribution in [3.05, 3.63) is 60.4 Å². The van der Waals surface area contributed by atoms with Crippen molar-refractivity contribution < 1.29 is 18.4 Å². The summed E-state index contributed by atoms with van der Waals surface area (Å²) in [5, 5.41) is 0. The zero-order valence-corrected chi connectivity index (χ0v) is 10.6. The third-order valence-electron chi connectivity index (χ3n) is 1.89. The number of aryl methyl sites for hydroxylation is 1. The minimum atomic E-state index is -4.00. The van der Waals surface area contributed by atoms with Crippen molar-refractivity contribution >= 4 is 10.1 Å². The van der Waals surface area contributed by atoms with Crippen LogP contribution in [0.1, 0.15) is 5.56 Å². The van der Waals surface area contributed by atoms with Gasteiger partial charge in [-0.05, 0) is 36.8 Å². The third-order valence-corrected chi connectivity index (χ3v) is 2.76. The molecule has 0 aliphatic rings. The maximum Gasteiger partial charge on any atom is 0.294 e. The summed E-state index contributed by atoms with van der Waals surface area (Å²) in [6.45, 7) is 2.04. The highest BCUT2D eigenvalue weighted by Crippen LogP contribution is 2.05. The Labute approximate surface area is 106 Å². The van der Waals surface area contributed by atoms with E-state index >= 15 is 0 Å². The lowest BCUT2D eigenvalue weighted by Gasteiger charge is -1.92. The van der Waals surface area contributed by atoms with Crippen LogP contribution in [0.5, 0.6) is 0 Å². The zero-order valence-electron chi connectivity index (χ0n) is 9.82. The van der Waals surface area contributed by atoms with Gasteiger partial charge in [-0.3, -0.25) is 9.54 Å². The molecule has 0 saturated heterocycles. The molecule has 5 nitrogen and oxygen atoms in total. The number of benzene rings is 1. The third kappa shape index (κ3) is 6.09. The minimum absolute atomic E-state index is 0. The Kier molecular flexibility index (Phi) is 6.81. The fourth-order valence-electron chi connectivity index (χ4n) is 1.02. The molecule has 3 N–H and O–H groups in total. The molecule has 0 aliphatic heterocycles. The first-order chi connectivity index (χ1) is 8.00. The number of nitrogens with zero attached hydrogens (tertiary/aromatic N) is 1. The van der Waals surface area contributed by atoms with Gasteiger partial charge in [-0.1, -0.05) is 18.2 Å². The predicted molar refractivity (Wildman–Crippen MR) is 68.8 cm³/mol. The largest absolute Gasteiger partial charge is 0.412 e. The minimum Gasteiger partial charge on any atom is -0.412 e. The standard InChI is InChI=1S/C6H7N.C6H6O3S.H2O/c1-6-2-4-7-5-3-6;7-10(8,9)6-4-2-1-3-5-6;/h2-5H,1H3;1-5H,(H,7,8,9);1H2. The van der Waals surface area contributed by atoms with Gasteiger partial charge in [0.25, 0.3) is 10.1 Å². The molecule has 6 heteroatoms. The van der Waals surface area contributed by atoms with Crippen molar-refractivity contribution in [1.29, 1.82) is 0 Å². The van der Waals surface area contributed by atoms with Crippen molar-refractivity contribution in [2.24, 2.45) is 0 Å².